The molecule has 0 aliphatic heterocycles. The zero-order chi connectivity index (χ0) is 15.6. The molecule has 0 heterocycles. The zero-order valence-corrected chi connectivity index (χ0v) is 12.5. The van der Waals surface area contributed by atoms with Gasteiger partial charge in [-0.1, -0.05) is 20.8 Å². The molecule has 0 fully saturated rings. The second-order valence-corrected chi connectivity index (χ2v) is 7.01. The molecule has 20 heavy (non-hydrogen) atoms. The van der Waals surface area contributed by atoms with Crippen LogP contribution in [0.25, 0.3) is 0 Å². The van der Waals surface area contributed by atoms with Crippen LogP contribution in [0.15, 0.2) is 23.1 Å². The van der Waals surface area contributed by atoms with E-state index >= 15 is 0 Å². The SMILES string of the molecule is CC(C)(C)c1cc(S(N)(=O)=O)ccc1OCCC(=O)O. The molecule has 0 spiro atoms. The first-order valence-electron chi connectivity index (χ1n) is 6.04. The van der Waals surface area contributed by atoms with Gasteiger partial charge >= 0.3 is 5.97 Å². The monoisotopic (exact) mass is 301 g/mol. The molecule has 0 radical (unpaired) electrons. The van der Waals surface area contributed by atoms with Crippen molar-refractivity contribution in [1.29, 1.82) is 0 Å². The van der Waals surface area contributed by atoms with E-state index in [0.29, 0.717) is 11.3 Å². The van der Waals surface area contributed by atoms with Gasteiger partial charge < -0.3 is 9.84 Å². The Bertz CT molecular complexity index is 602. The Morgan fingerprint density at radius 2 is 1.95 bits per heavy atom. The molecular formula is C13H19NO5S. The van der Waals surface area contributed by atoms with E-state index in [1.54, 1.807) is 0 Å². The van der Waals surface area contributed by atoms with Gasteiger partial charge in [0, 0.05) is 5.56 Å². The number of carboxylic acids is 1. The van der Waals surface area contributed by atoms with Gasteiger partial charge in [0.25, 0.3) is 0 Å². The van der Waals surface area contributed by atoms with Crippen LogP contribution < -0.4 is 9.88 Å². The highest BCUT2D eigenvalue weighted by Gasteiger charge is 2.22. The van der Waals surface area contributed by atoms with Crippen LogP contribution in [0.1, 0.15) is 32.8 Å². The summed E-state index contributed by atoms with van der Waals surface area (Å²) < 4.78 is 28.2. The molecule has 0 unspecified atom stereocenters. The van der Waals surface area contributed by atoms with E-state index in [2.05, 4.69) is 0 Å². The third-order valence-electron chi connectivity index (χ3n) is 2.66. The summed E-state index contributed by atoms with van der Waals surface area (Å²) in [6, 6.07) is 4.31. The van der Waals surface area contributed by atoms with Crippen molar-refractivity contribution >= 4 is 16.0 Å². The van der Waals surface area contributed by atoms with Crippen molar-refractivity contribution in [2.24, 2.45) is 5.14 Å². The summed E-state index contributed by atoms with van der Waals surface area (Å²) in [6.45, 7) is 5.73. The highest BCUT2D eigenvalue weighted by atomic mass is 32.2. The molecule has 0 aliphatic carbocycles. The fourth-order valence-corrected chi connectivity index (χ4v) is 2.19. The largest absolute Gasteiger partial charge is 0.493 e. The van der Waals surface area contributed by atoms with Gasteiger partial charge in [0.1, 0.15) is 5.75 Å². The lowest BCUT2D eigenvalue weighted by atomic mass is 9.86. The van der Waals surface area contributed by atoms with Crippen molar-refractivity contribution in [2.45, 2.75) is 37.5 Å². The van der Waals surface area contributed by atoms with Gasteiger partial charge in [0.15, 0.2) is 0 Å². The Balaban J connectivity index is 3.15. The lowest BCUT2D eigenvalue weighted by molar-refractivity contribution is -0.137. The molecular weight excluding hydrogens is 282 g/mol. The number of primary sulfonamides is 1. The Hall–Kier alpha value is -1.60. The van der Waals surface area contributed by atoms with Gasteiger partial charge in [-0.15, -0.1) is 0 Å². The second kappa shape index (κ2) is 5.80. The average Bonchev–Trinajstić information content (AvgIpc) is 2.25. The Labute approximate surface area is 118 Å². The first kappa shape index (κ1) is 16.5. The van der Waals surface area contributed by atoms with Crippen LogP contribution in [0.3, 0.4) is 0 Å². The lowest BCUT2D eigenvalue weighted by Gasteiger charge is -2.23. The number of rotatable bonds is 5. The molecule has 1 aromatic carbocycles. The van der Waals surface area contributed by atoms with E-state index in [-0.39, 0.29) is 23.3 Å². The normalized spacial score (nSPS) is 12.2. The molecule has 112 valence electrons. The molecule has 1 rings (SSSR count). The molecule has 0 saturated heterocycles. The van der Waals surface area contributed by atoms with Gasteiger partial charge in [-0.05, 0) is 23.6 Å². The molecule has 0 atom stereocenters. The van der Waals surface area contributed by atoms with Crippen LogP contribution in [0.4, 0.5) is 0 Å². The van der Waals surface area contributed by atoms with E-state index in [9.17, 15) is 13.2 Å². The van der Waals surface area contributed by atoms with Gasteiger partial charge in [0.2, 0.25) is 10.0 Å². The molecule has 7 heteroatoms. The maximum absolute atomic E-state index is 11.4. The Morgan fingerprint density at radius 3 is 2.40 bits per heavy atom. The summed E-state index contributed by atoms with van der Waals surface area (Å²) in [5.41, 5.74) is 0.300. The molecule has 0 saturated carbocycles. The van der Waals surface area contributed by atoms with Crippen LogP contribution in [0, 0.1) is 0 Å². The van der Waals surface area contributed by atoms with E-state index in [1.165, 1.54) is 18.2 Å². The van der Waals surface area contributed by atoms with E-state index < -0.39 is 16.0 Å². The maximum Gasteiger partial charge on any atom is 0.306 e. The van der Waals surface area contributed by atoms with Gasteiger partial charge in [0.05, 0.1) is 17.9 Å². The molecule has 3 N–H and O–H groups in total. The highest BCUT2D eigenvalue weighted by Crippen LogP contribution is 2.33. The van der Waals surface area contributed by atoms with Crippen LogP contribution in [0.2, 0.25) is 0 Å². The van der Waals surface area contributed by atoms with Gasteiger partial charge in [-0.25, -0.2) is 13.6 Å². The van der Waals surface area contributed by atoms with Crippen molar-refractivity contribution in [3.8, 4) is 5.75 Å². The Kier molecular flexibility index (Phi) is 4.77. The van der Waals surface area contributed by atoms with Crippen LogP contribution in [-0.4, -0.2) is 26.1 Å². The number of hydrogen-bond acceptors (Lipinski definition) is 4. The fraction of sp³-hybridized carbons (Fsp3) is 0.462. The minimum atomic E-state index is -3.79. The van der Waals surface area contributed by atoms with Gasteiger partial charge in [-0.3, -0.25) is 4.79 Å². The van der Waals surface area contributed by atoms with E-state index in [4.69, 9.17) is 15.0 Å². The summed E-state index contributed by atoms with van der Waals surface area (Å²) in [5, 5.41) is 13.7. The molecule has 0 amide bonds. The first-order valence-corrected chi connectivity index (χ1v) is 7.58. The smallest absolute Gasteiger partial charge is 0.306 e. The minimum Gasteiger partial charge on any atom is -0.493 e. The third-order valence-corrected chi connectivity index (χ3v) is 3.57. The molecule has 0 aliphatic rings. The van der Waals surface area contributed by atoms with Crippen LogP contribution in [0.5, 0.6) is 5.75 Å². The van der Waals surface area contributed by atoms with E-state index in [1.807, 2.05) is 20.8 Å². The first-order chi connectivity index (χ1) is 9.01. The van der Waals surface area contributed by atoms with Crippen molar-refractivity contribution in [2.75, 3.05) is 6.61 Å². The predicted octanol–water partition coefficient (Wildman–Crippen LogP) is 1.49. The number of carboxylic acid groups (broad SMARTS) is 1. The third kappa shape index (κ3) is 4.50. The van der Waals surface area contributed by atoms with Crippen LogP contribution >= 0.6 is 0 Å². The predicted molar refractivity (Wildman–Crippen MR) is 74.3 cm³/mol. The summed E-state index contributed by atoms with van der Waals surface area (Å²) in [4.78, 5) is 10.5. The number of aliphatic carboxylic acids is 1. The number of benzene rings is 1. The summed E-state index contributed by atoms with van der Waals surface area (Å²) in [6.07, 6.45) is -0.124. The van der Waals surface area contributed by atoms with Crippen molar-refractivity contribution in [3.05, 3.63) is 23.8 Å². The molecule has 6 nitrogen and oxygen atoms in total. The lowest BCUT2D eigenvalue weighted by Crippen LogP contribution is -2.18. The minimum absolute atomic E-state index is 0.00742. The quantitative estimate of drug-likeness (QED) is 0.856. The van der Waals surface area contributed by atoms with E-state index in [0.717, 1.165) is 0 Å². The van der Waals surface area contributed by atoms with Crippen molar-refractivity contribution < 1.29 is 23.1 Å². The number of nitrogens with two attached hydrogens (primary N) is 1. The summed E-state index contributed by atoms with van der Waals surface area (Å²) >= 11 is 0. The summed E-state index contributed by atoms with van der Waals surface area (Å²) in [7, 11) is -3.79. The molecule has 0 aromatic heterocycles. The second-order valence-electron chi connectivity index (χ2n) is 5.45. The van der Waals surface area contributed by atoms with Crippen molar-refractivity contribution in [3.63, 3.8) is 0 Å². The number of carbonyl (C=O) groups is 1. The standard InChI is InChI=1S/C13H19NO5S/c1-13(2,3)10-8-9(20(14,17)18)4-5-11(10)19-7-6-12(15)16/h4-5,8H,6-7H2,1-3H3,(H,15,16)(H2,14,17,18). The molecule has 1 aromatic rings. The topological polar surface area (TPSA) is 107 Å². The van der Waals surface area contributed by atoms with Crippen LogP contribution in [-0.2, 0) is 20.2 Å². The van der Waals surface area contributed by atoms with Crippen molar-refractivity contribution in [1.82, 2.24) is 0 Å². The number of sulfonamides is 1. The number of ether oxygens (including phenoxy) is 1. The number of hydrogen-bond donors (Lipinski definition) is 2. The Morgan fingerprint density at radius 1 is 1.35 bits per heavy atom. The maximum atomic E-state index is 11.4. The van der Waals surface area contributed by atoms with Gasteiger partial charge in [-0.2, -0.15) is 0 Å². The molecule has 0 bridgehead atoms. The zero-order valence-electron chi connectivity index (χ0n) is 11.7. The fourth-order valence-electron chi connectivity index (χ4n) is 1.65. The average molecular weight is 301 g/mol. The highest BCUT2D eigenvalue weighted by molar-refractivity contribution is 7.89. The summed E-state index contributed by atoms with van der Waals surface area (Å²) in [5.74, 6) is -0.491.